The van der Waals surface area contributed by atoms with Gasteiger partial charge in [0.15, 0.2) is 12.1 Å². The highest BCUT2D eigenvalue weighted by Crippen LogP contribution is 2.23. The van der Waals surface area contributed by atoms with Crippen molar-refractivity contribution in [1.82, 2.24) is 20.0 Å². The Morgan fingerprint density at radius 3 is 1.29 bits per heavy atom. The SMILES string of the molecule is C[C@H]1OCC(=O)N(Cc2ccccc2)[C@@H]1C(=O)O.C[C@H]1OCC(=O)N(Cc2ccccc2)[C@@H]1C(=O)OCc1ccccc1.C[C@H]1OCCN(Cc2ccccc2)[C@@H]1C(=O)OCc1ccccc1.C[C@H]1OCCN[C@@H]1C(=O)O.[HH]. The standard InChI is InChI=1S/C20H21NO4.C20H23NO3.C13H15NO4.C6H11NO3.H2/c1-15-19(20(23)25-13-17-10-6-3-7-11-17)21(18(22)14-24-15)12-16-8-4-2-5-9-16;1-16-19(20(22)24-15-18-10-6-3-7-11-18)21(12-13-23-16)14-17-8-4-2-5-9-17;1-9-12(13(16)17)14(11(15)8-18-9)7-10-5-3-2-4-6-10;1-4-5(6(8)9)7-2-3-10-4;/h2-11,15,19H,12-14H2,1H3;2-11,16,19H,12-15H2,1H3;2-6,9,12H,7-8H2,1H3,(H,16,17);4-5,7H,2-3H2,1H3,(H,8,9);1H/t15-,19+;16-,19+;9-,12+;4-,5+;/m1111./s1. The molecule has 0 saturated carbocycles. The van der Waals surface area contributed by atoms with Gasteiger partial charge in [0, 0.05) is 34.2 Å². The Balaban J connectivity index is 0.000000199. The molecule has 18 nitrogen and oxygen atoms in total. The summed E-state index contributed by atoms with van der Waals surface area (Å²) in [7, 11) is 0. The zero-order chi connectivity index (χ0) is 55.1. The lowest BCUT2D eigenvalue weighted by molar-refractivity contribution is -0.175. The van der Waals surface area contributed by atoms with Crippen LogP contribution in [0.25, 0.3) is 0 Å². The number of nitrogens with zero attached hydrogens (tertiary/aromatic N) is 3. The summed E-state index contributed by atoms with van der Waals surface area (Å²) in [6, 6.07) is 45.7. The van der Waals surface area contributed by atoms with Gasteiger partial charge in [-0.3, -0.25) is 29.4 Å². The lowest BCUT2D eigenvalue weighted by Gasteiger charge is -2.38. The first-order valence-corrected chi connectivity index (χ1v) is 25.7. The fourth-order valence-corrected chi connectivity index (χ4v) is 9.01. The number of hydrogen-bond donors (Lipinski definition) is 3. The molecule has 4 aliphatic rings. The predicted molar refractivity (Wildman–Crippen MR) is 286 cm³/mol. The van der Waals surface area contributed by atoms with Crippen LogP contribution in [0.1, 0.15) is 56.9 Å². The summed E-state index contributed by atoms with van der Waals surface area (Å²) < 4.78 is 32.4. The van der Waals surface area contributed by atoms with Crippen LogP contribution >= 0.6 is 0 Å². The second kappa shape index (κ2) is 30.4. The number of amides is 2. The summed E-state index contributed by atoms with van der Waals surface area (Å²) >= 11 is 0. The van der Waals surface area contributed by atoms with E-state index < -0.39 is 48.2 Å². The minimum absolute atomic E-state index is 0. The van der Waals surface area contributed by atoms with E-state index in [9.17, 15) is 33.9 Å². The highest BCUT2D eigenvalue weighted by atomic mass is 16.6. The van der Waals surface area contributed by atoms with E-state index in [-0.39, 0.29) is 57.3 Å². The van der Waals surface area contributed by atoms with Crippen LogP contribution in [0.3, 0.4) is 0 Å². The molecular formula is C59H72N4O14. The van der Waals surface area contributed by atoms with Gasteiger partial charge >= 0.3 is 23.9 Å². The maximum Gasteiger partial charge on any atom is 0.331 e. The molecule has 4 heterocycles. The fraction of sp³-hybridized carbons (Fsp3) is 0.390. The highest BCUT2D eigenvalue weighted by molar-refractivity contribution is 5.87. The van der Waals surface area contributed by atoms with E-state index in [1.807, 2.05) is 146 Å². The number of ether oxygens (including phenoxy) is 6. The average molecular weight is 1060 g/mol. The van der Waals surface area contributed by atoms with E-state index in [1.54, 1.807) is 25.7 Å². The van der Waals surface area contributed by atoms with E-state index >= 15 is 0 Å². The molecule has 8 atom stereocenters. The van der Waals surface area contributed by atoms with Crippen molar-refractivity contribution >= 4 is 35.7 Å². The van der Waals surface area contributed by atoms with Gasteiger partial charge in [-0.1, -0.05) is 152 Å². The molecule has 77 heavy (non-hydrogen) atoms. The van der Waals surface area contributed by atoms with Gasteiger partial charge in [-0.05, 0) is 55.5 Å². The molecule has 9 rings (SSSR count). The molecule has 0 spiro atoms. The lowest BCUT2D eigenvalue weighted by Crippen LogP contribution is -2.57. The number of esters is 2. The Morgan fingerprint density at radius 2 is 0.870 bits per heavy atom. The summed E-state index contributed by atoms with van der Waals surface area (Å²) in [5.41, 5.74) is 4.95. The number of hydrogen-bond acceptors (Lipinski definition) is 14. The number of carbonyl (C=O) groups is 6. The van der Waals surface area contributed by atoms with Crippen LogP contribution in [0.5, 0.6) is 0 Å². The van der Waals surface area contributed by atoms with Crippen molar-refractivity contribution in [3.63, 3.8) is 0 Å². The van der Waals surface area contributed by atoms with Gasteiger partial charge in [0.25, 0.3) is 0 Å². The van der Waals surface area contributed by atoms with Crippen molar-refractivity contribution in [2.24, 2.45) is 0 Å². The number of aliphatic carboxylic acids is 2. The van der Waals surface area contributed by atoms with Gasteiger partial charge in [-0.25, -0.2) is 9.59 Å². The number of benzene rings is 5. The van der Waals surface area contributed by atoms with Crippen molar-refractivity contribution in [3.8, 4) is 0 Å². The molecule has 0 bridgehead atoms. The first kappa shape index (κ1) is 58.9. The van der Waals surface area contributed by atoms with Crippen molar-refractivity contribution in [3.05, 3.63) is 179 Å². The Kier molecular flexibility index (Phi) is 23.3. The van der Waals surface area contributed by atoms with Gasteiger partial charge in [0.1, 0.15) is 38.5 Å². The van der Waals surface area contributed by atoms with Crippen LogP contribution in [-0.2, 0) is 90.0 Å². The summed E-state index contributed by atoms with van der Waals surface area (Å²) in [5.74, 6) is -3.03. The molecule has 18 heteroatoms. The second-order valence-electron chi connectivity index (χ2n) is 18.8. The van der Waals surface area contributed by atoms with E-state index in [2.05, 4.69) is 22.3 Å². The number of carboxylic acids is 2. The first-order valence-electron chi connectivity index (χ1n) is 25.7. The van der Waals surface area contributed by atoms with E-state index in [1.165, 1.54) is 10.5 Å². The summed E-state index contributed by atoms with van der Waals surface area (Å²) in [5, 5.41) is 20.6. The molecule has 4 aliphatic heterocycles. The number of carboxylic acid groups (broad SMARTS) is 2. The second-order valence-corrected chi connectivity index (χ2v) is 18.8. The van der Waals surface area contributed by atoms with E-state index in [0.29, 0.717) is 39.5 Å². The van der Waals surface area contributed by atoms with Gasteiger partial charge in [-0.15, -0.1) is 0 Å². The zero-order valence-corrected chi connectivity index (χ0v) is 44.0. The van der Waals surface area contributed by atoms with Crippen LogP contribution < -0.4 is 5.32 Å². The third-order valence-corrected chi connectivity index (χ3v) is 13.1. The van der Waals surface area contributed by atoms with Gasteiger partial charge < -0.3 is 48.4 Å². The zero-order valence-electron chi connectivity index (χ0n) is 44.0. The topological polar surface area (TPSA) is 220 Å². The summed E-state index contributed by atoms with van der Waals surface area (Å²) in [6.07, 6.45) is -1.30. The van der Waals surface area contributed by atoms with Crippen molar-refractivity contribution in [2.75, 3.05) is 39.5 Å². The van der Waals surface area contributed by atoms with Crippen LogP contribution in [-0.4, -0.2) is 149 Å². The van der Waals surface area contributed by atoms with E-state index in [0.717, 1.165) is 35.3 Å². The summed E-state index contributed by atoms with van der Waals surface area (Å²) in [4.78, 5) is 76.1. The fourth-order valence-electron chi connectivity index (χ4n) is 9.01. The van der Waals surface area contributed by atoms with Gasteiger partial charge in [-0.2, -0.15) is 0 Å². The van der Waals surface area contributed by atoms with Crippen LogP contribution in [0.2, 0.25) is 0 Å². The number of rotatable bonds is 14. The average Bonchev–Trinajstić information content (AvgIpc) is 3.45. The highest BCUT2D eigenvalue weighted by Gasteiger charge is 2.41. The predicted octanol–water partition coefficient (Wildman–Crippen LogP) is 6.15. The molecule has 5 aromatic rings. The quantitative estimate of drug-likeness (QED) is 0.106. The van der Waals surface area contributed by atoms with Crippen molar-refractivity contribution in [2.45, 2.75) is 109 Å². The molecule has 4 fully saturated rings. The Hall–Kier alpha value is -7.32. The largest absolute Gasteiger partial charge is 0.480 e. The van der Waals surface area contributed by atoms with E-state index in [4.69, 9.17) is 33.5 Å². The molecule has 0 aromatic heterocycles. The lowest BCUT2D eigenvalue weighted by atomic mass is 10.1. The first-order chi connectivity index (χ1) is 37.2. The normalized spacial score (nSPS) is 23.3. The van der Waals surface area contributed by atoms with Gasteiger partial charge in [0.2, 0.25) is 11.8 Å². The molecule has 0 unspecified atom stereocenters. The van der Waals surface area contributed by atoms with Crippen molar-refractivity contribution in [1.29, 1.82) is 0 Å². The Morgan fingerprint density at radius 1 is 0.494 bits per heavy atom. The molecule has 2 amide bonds. The molecule has 4 saturated heterocycles. The monoisotopic (exact) mass is 1060 g/mol. The third-order valence-electron chi connectivity index (χ3n) is 13.1. The van der Waals surface area contributed by atoms with Gasteiger partial charge in [0.05, 0.1) is 37.6 Å². The number of carbonyl (C=O) groups excluding carboxylic acids is 4. The minimum Gasteiger partial charge on any atom is -0.480 e. The molecule has 3 N–H and O–H groups in total. The van der Waals surface area contributed by atoms with Crippen LogP contribution in [0, 0.1) is 0 Å². The Labute approximate surface area is 451 Å². The van der Waals surface area contributed by atoms with Crippen molar-refractivity contribution < 1.29 is 68.8 Å². The number of morpholine rings is 4. The molecule has 5 aromatic carbocycles. The smallest absolute Gasteiger partial charge is 0.331 e. The minimum atomic E-state index is -1.04. The number of nitrogens with one attached hydrogen (secondary N) is 1. The molecular weight excluding hydrogens is 989 g/mol. The Bertz CT molecular complexity index is 2630. The maximum absolute atomic E-state index is 12.6. The van der Waals surface area contributed by atoms with Crippen LogP contribution in [0.15, 0.2) is 152 Å². The molecule has 412 valence electrons. The summed E-state index contributed by atoms with van der Waals surface area (Å²) in [6.45, 7) is 11.5. The van der Waals surface area contributed by atoms with Crippen LogP contribution in [0.4, 0.5) is 0 Å². The maximum atomic E-state index is 12.6. The third kappa shape index (κ3) is 18.2. The molecule has 0 radical (unpaired) electrons. The molecule has 0 aliphatic carbocycles.